The van der Waals surface area contributed by atoms with E-state index < -0.39 is 15.9 Å². The SMILES string of the molecule is O=C(NCCC(=O)N1c2ccccc2S(=O)(=O)c2ccc(Cl)cc21)OCc1ccccc1. The van der Waals surface area contributed by atoms with E-state index in [0.717, 1.165) is 5.56 Å². The molecule has 1 N–H and O–H groups in total. The minimum Gasteiger partial charge on any atom is -0.445 e. The summed E-state index contributed by atoms with van der Waals surface area (Å²) >= 11 is 6.09. The van der Waals surface area contributed by atoms with Gasteiger partial charge >= 0.3 is 6.09 Å². The second kappa shape index (κ2) is 9.02. The van der Waals surface area contributed by atoms with Gasteiger partial charge in [0, 0.05) is 18.0 Å². The van der Waals surface area contributed by atoms with Gasteiger partial charge in [0.2, 0.25) is 15.7 Å². The van der Waals surface area contributed by atoms with Crippen LogP contribution in [0.4, 0.5) is 16.2 Å². The molecule has 0 saturated heterocycles. The van der Waals surface area contributed by atoms with Crippen LogP contribution in [-0.4, -0.2) is 27.0 Å². The Morgan fingerprint density at radius 2 is 1.59 bits per heavy atom. The minimum atomic E-state index is -3.79. The van der Waals surface area contributed by atoms with Gasteiger partial charge in [0.15, 0.2) is 0 Å². The van der Waals surface area contributed by atoms with Gasteiger partial charge in [-0.15, -0.1) is 0 Å². The number of carbonyl (C=O) groups is 2. The zero-order valence-electron chi connectivity index (χ0n) is 16.8. The third-order valence-corrected chi connectivity index (χ3v) is 7.00. The molecule has 0 bridgehead atoms. The highest BCUT2D eigenvalue weighted by Crippen LogP contribution is 2.45. The number of rotatable bonds is 5. The largest absolute Gasteiger partial charge is 0.445 e. The van der Waals surface area contributed by atoms with Gasteiger partial charge in [0.25, 0.3) is 0 Å². The van der Waals surface area contributed by atoms with Crippen LogP contribution in [0.25, 0.3) is 0 Å². The first kappa shape index (κ1) is 21.9. The topological polar surface area (TPSA) is 92.8 Å². The number of alkyl carbamates (subject to hydrolysis) is 1. The number of sulfone groups is 1. The summed E-state index contributed by atoms with van der Waals surface area (Å²) < 4.78 is 31.2. The van der Waals surface area contributed by atoms with Crippen LogP contribution in [0.1, 0.15) is 12.0 Å². The van der Waals surface area contributed by atoms with Crippen molar-refractivity contribution in [3.05, 3.63) is 83.4 Å². The van der Waals surface area contributed by atoms with Gasteiger partial charge in [0.05, 0.1) is 21.2 Å². The smallest absolute Gasteiger partial charge is 0.407 e. The molecule has 164 valence electrons. The van der Waals surface area contributed by atoms with Gasteiger partial charge in [-0.05, 0) is 35.9 Å². The molecule has 9 heteroatoms. The second-order valence-electron chi connectivity index (χ2n) is 7.05. The van der Waals surface area contributed by atoms with Gasteiger partial charge in [-0.1, -0.05) is 54.1 Å². The van der Waals surface area contributed by atoms with Crippen molar-refractivity contribution in [2.24, 2.45) is 0 Å². The molecule has 0 radical (unpaired) electrons. The molecular formula is C23H19ClN2O5S. The summed E-state index contributed by atoms with van der Waals surface area (Å²) in [6, 6.07) is 19.8. The number of nitrogens with zero attached hydrogens (tertiary/aromatic N) is 1. The van der Waals surface area contributed by atoms with Gasteiger partial charge in [0.1, 0.15) is 6.61 Å². The standard InChI is InChI=1S/C23H19ClN2O5S/c24-17-10-11-21-19(14-17)26(18-8-4-5-9-20(18)32(21,29)30)22(27)12-13-25-23(28)31-15-16-6-2-1-3-7-16/h1-11,14H,12-13,15H2,(H,25,28). The molecule has 32 heavy (non-hydrogen) atoms. The van der Waals surface area contributed by atoms with Gasteiger partial charge < -0.3 is 10.1 Å². The van der Waals surface area contributed by atoms with E-state index >= 15 is 0 Å². The van der Waals surface area contributed by atoms with E-state index in [9.17, 15) is 18.0 Å². The summed E-state index contributed by atoms with van der Waals surface area (Å²) in [5, 5.41) is 2.85. The maximum absolute atomic E-state index is 13.1. The van der Waals surface area contributed by atoms with Crippen molar-refractivity contribution in [3.63, 3.8) is 0 Å². The molecule has 7 nitrogen and oxygen atoms in total. The summed E-state index contributed by atoms with van der Waals surface area (Å²) in [7, 11) is -3.79. The lowest BCUT2D eigenvalue weighted by molar-refractivity contribution is -0.117. The predicted molar refractivity (Wildman–Crippen MR) is 120 cm³/mol. The van der Waals surface area contributed by atoms with Crippen molar-refractivity contribution in [2.45, 2.75) is 22.8 Å². The molecule has 1 aliphatic rings. The summed E-state index contributed by atoms with van der Waals surface area (Å²) in [5.74, 6) is -0.390. The van der Waals surface area contributed by atoms with E-state index in [2.05, 4.69) is 5.32 Å². The van der Waals surface area contributed by atoms with Crippen LogP contribution in [0.3, 0.4) is 0 Å². The highest BCUT2D eigenvalue weighted by Gasteiger charge is 2.36. The molecule has 1 heterocycles. The molecule has 3 aromatic carbocycles. The summed E-state index contributed by atoms with van der Waals surface area (Å²) in [6.07, 6.45) is -0.715. The lowest BCUT2D eigenvalue weighted by atomic mass is 10.2. The predicted octanol–water partition coefficient (Wildman–Crippen LogP) is 4.47. The first-order valence-electron chi connectivity index (χ1n) is 9.79. The molecule has 0 saturated carbocycles. The lowest BCUT2D eigenvalue weighted by Crippen LogP contribution is -2.35. The number of anilines is 2. The number of benzene rings is 3. The normalized spacial score (nSPS) is 13.6. The number of para-hydroxylation sites is 1. The Labute approximate surface area is 190 Å². The summed E-state index contributed by atoms with van der Waals surface area (Å²) in [5.41, 5.74) is 1.28. The highest BCUT2D eigenvalue weighted by molar-refractivity contribution is 7.92. The van der Waals surface area contributed by atoms with Crippen LogP contribution in [-0.2, 0) is 26.0 Å². The third-order valence-electron chi connectivity index (χ3n) is 4.92. The van der Waals surface area contributed by atoms with Crippen molar-refractivity contribution >= 4 is 44.8 Å². The molecule has 0 spiro atoms. The fraction of sp³-hybridized carbons (Fsp3) is 0.130. The third kappa shape index (κ3) is 4.32. The molecule has 1 aliphatic heterocycles. The summed E-state index contributed by atoms with van der Waals surface area (Å²) in [4.78, 5) is 26.4. The fourth-order valence-electron chi connectivity index (χ4n) is 3.44. The van der Waals surface area contributed by atoms with Crippen LogP contribution < -0.4 is 10.2 Å². The molecule has 0 aliphatic carbocycles. The highest BCUT2D eigenvalue weighted by atomic mass is 35.5. The Bertz CT molecular complexity index is 1280. The Kier molecular flexibility index (Phi) is 6.16. The van der Waals surface area contributed by atoms with Crippen molar-refractivity contribution < 1.29 is 22.7 Å². The number of halogens is 1. The van der Waals surface area contributed by atoms with Gasteiger partial charge in [-0.25, -0.2) is 13.2 Å². The first-order chi connectivity index (χ1) is 15.4. The monoisotopic (exact) mass is 470 g/mol. The average molecular weight is 471 g/mol. The van der Waals surface area contributed by atoms with Gasteiger partial charge in [-0.2, -0.15) is 0 Å². The van der Waals surface area contributed by atoms with E-state index in [1.54, 1.807) is 18.2 Å². The molecular weight excluding hydrogens is 452 g/mol. The van der Waals surface area contributed by atoms with Crippen molar-refractivity contribution in [2.75, 3.05) is 11.4 Å². The van der Waals surface area contributed by atoms with Crippen molar-refractivity contribution in [1.82, 2.24) is 5.32 Å². The molecule has 0 fully saturated rings. The Hall–Kier alpha value is -3.36. The Morgan fingerprint density at radius 1 is 0.906 bits per heavy atom. The number of carbonyl (C=O) groups excluding carboxylic acids is 2. The van der Waals surface area contributed by atoms with E-state index in [-0.39, 0.29) is 46.6 Å². The van der Waals surface area contributed by atoms with Crippen LogP contribution in [0.2, 0.25) is 5.02 Å². The number of nitrogens with one attached hydrogen (secondary N) is 1. The minimum absolute atomic E-state index is 0.00387. The van der Waals surface area contributed by atoms with E-state index in [1.807, 2.05) is 30.3 Å². The van der Waals surface area contributed by atoms with Crippen LogP contribution in [0, 0.1) is 0 Å². The first-order valence-corrected chi connectivity index (χ1v) is 11.7. The van der Waals surface area contributed by atoms with Crippen LogP contribution >= 0.6 is 11.6 Å². The van der Waals surface area contributed by atoms with E-state index in [4.69, 9.17) is 16.3 Å². The fourth-order valence-corrected chi connectivity index (χ4v) is 5.20. The van der Waals surface area contributed by atoms with Crippen LogP contribution in [0.15, 0.2) is 82.6 Å². The van der Waals surface area contributed by atoms with Gasteiger partial charge in [-0.3, -0.25) is 9.69 Å². The Morgan fingerprint density at radius 3 is 2.38 bits per heavy atom. The zero-order chi connectivity index (χ0) is 22.7. The Balaban J connectivity index is 1.48. The average Bonchev–Trinajstić information content (AvgIpc) is 2.78. The van der Waals surface area contributed by atoms with Crippen LogP contribution in [0.5, 0.6) is 0 Å². The van der Waals surface area contributed by atoms with E-state index in [0.29, 0.717) is 5.02 Å². The molecule has 3 aromatic rings. The maximum Gasteiger partial charge on any atom is 0.407 e. The molecule has 2 amide bonds. The van der Waals surface area contributed by atoms with Crippen molar-refractivity contribution in [3.8, 4) is 0 Å². The zero-order valence-corrected chi connectivity index (χ0v) is 18.4. The quantitative estimate of drug-likeness (QED) is 0.594. The molecule has 0 atom stereocenters. The number of amides is 2. The number of fused-ring (bicyclic) bond motifs is 2. The number of hydrogen-bond donors (Lipinski definition) is 1. The van der Waals surface area contributed by atoms with E-state index in [1.165, 1.54) is 29.2 Å². The lowest BCUT2D eigenvalue weighted by Gasteiger charge is -2.31. The summed E-state index contributed by atoms with van der Waals surface area (Å²) in [6.45, 7) is 0.137. The number of ether oxygens (including phenoxy) is 1. The molecule has 4 rings (SSSR count). The molecule has 0 aromatic heterocycles. The maximum atomic E-state index is 13.1. The number of hydrogen-bond acceptors (Lipinski definition) is 5. The second-order valence-corrected chi connectivity index (χ2v) is 9.37. The molecule has 0 unspecified atom stereocenters. The van der Waals surface area contributed by atoms with Crippen molar-refractivity contribution in [1.29, 1.82) is 0 Å².